The largest absolute Gasteiger partial charge is 0.504 e. The molecular formula is C15H11NO3. The number of phenols is 2. The summed E-state index contributed by atoms with van der Waals surface area (Å²) in [6.07, 6.45) is 0. The van der Waals surface area contributed by atoms with Gasteiger partial charge in [0.1, 0.15) is 0 Å². The van der Waals surface area contributed by atoms with E-state index in [4.69, 9.17) is 4.74 Å². The predicted octanol–water partition coefficient (Wildman–Crippen LogP) is 3.44. The van der Waals surface area contributed by atoms with Crippen LogP contribution in [0.3, 0.4) is 0 Å². The van der Waals surface area contributed by atoms with Crippen molar-refractivity contribution < 1.29 is 14.9 Å². The third-order valence-corrected chi connectivity index (χ3v) is 2.77. The molecule has 4 heteroatoms. The number of rotatable bonds is 2. The van der Waals surface area contributed by atoms with Crippen LogP contribution in [0, 0.1) is 0 Å². The first kappa shape index (κ1) is 11.3. The second-order valence-corrected chi connectivity index (χ2v) is 4.07. The molecule has 0 bridgehead atoms. The molecule has 0 aliphatic heterocycles. The summed E-state index contributed by atoms with van der Waals surface area (Å²) in [4.78, 5) is 4.33. The van der Waals surface area contributed by atoms with Crippen LogP contribution in [-0.4, -0.2) is 15.2 Å². The van der Waals surface area contributed by atoms with Crippen molar-refractivity contribution in [2.24, 2.45) is 0 Å². The molecule has 0 aliphatic carbocycles. The first-order valence-corrected chi connectivity index (χ1v) is 5.78. The molecule has 4 nitrogen and oxygen atoms in total. The van der Waals surface area contributed by atoms with Gasteiger partial charge in [0.2, 0.25) is 11.6 Å². The molecule has 3 rings (SSSR count). The second kappa shape index (κ2) is 4.49. The van der Waals surface area contributed by atoms with Crippen LogP contribution in [0.15, 0.2) is 54.6 Å². The topological polar surface area (TPSA) is 62.6 Å². The zero-order valence-corrected chi connectivity index (χ0v) is 9.95. The van der Waals surface area contributed by atoms with E-state index in [2.05, 4.69) is 4.98 Å². The van der Waals surface area contributed by atoms with Crippen molar-refractivity contribution in [1.29, 1.82) is 0 Å². The van der Waals surface area contributed by atoms with Crippen LogP contribution >= 0.6 is 0 Å². The van der Waals surface area contributed by atoms with Crippen LogP contribution in [0.1, 0.15) is 0 Å². The average Bonchev–Trinajstić information content (AvgIpc) is 2.44. The number of nitrogens with zero attached hydrogens (tertiary/aromatic N) is 1. The molecule has 0 unspecified atom stereocenters. The molecule has 19 heavy (non-hydrogen) atoms. The number of hydrogen-bond donors (Lipinski definition) is 2. The highest BCUT2D eigenvalue weighted by atomic mass is 16.5. The fraction of sp³-hybridized carbons (Fsp3) is 0. The average molecular weight is 253 g/mol. The monoisotopic (exact) mass is 253 g/mol. The van der Waals surface area contributed by atoms with Crippen LogP contribution in [0.2, 0.25) is 0 Å². The number of para-hydroxylation sites is 2. The van der Waals surface area contributed by atoms with Gasteiger partial charge in [-0.05, 0) is 24.3 Å². The summed E-state index contributed by atoms with van der Waals surface area (Å²) >= 11 is 0. The van der Waals surface area contributed by atoms with Crippen LogP contribution in [-0.2, 0) is 0 Å². The van der Waals surface area contributed by atoms with Gasteiger partial charge in [-0.25, -0.2) is 4.98 Å². The van der Waals surface area contributed by atoms with Crippen molar-refractivity contribution in [1.82, 2.24) is 4.98 Å². The second-order valence-electron chi connectivity index (χ2n) is 4.07. The predicted molar refractivity (Wildman–Crippen MR) is 71.6 cm³/mol. The fourth-order valence-corrected chi connectivity index (χ4v) is 1.81. The van der Waals surface area contributed by atoms with Crippen LogP contribution in [0.4, 0.5) is 0 Å². The van der Waals surface area contributed by atoms with Gasteiger partial charge in [0, 0.05) is 11.5 Å². The molecule has 2 aromatic carbocycles. The molecule has 1 aromatic heterocycles. The maximum absolute atomic E-state index is 9.67. The van der Waals surface area contributed by atoms with Gasteiger partial charge < -0.3 is 14.9 Å². The molecule has 0 aliphatic rings. The summed E-state index contributed by atoms with van der Waals surface area (Å²) in [5.74, 6) is 0.0122. The summed E-state index contributed by atoms with van der Waals surface area (Å²) in [7, 11) is 0. The van der Waals surface area contributed by atoms with Gasteiger partial charge in [-0.1, -0.05) is 24.3 Å². The minimum absolute atomic E-state index is 0.169. The van der Waals surface area contributed by atoms with Gasteiger partial charge in [0.25, 0.3) is 0 Å². The highest BCUT2D eigenvalue weighted by Gasteiger charge is 2.08. The number of benzene rings is 2. The van der Waals surface area contributed by atoms with Crippen LogP contribution in [0.25, 0.3) is 10.9 Å². The third-order valence-electron chi connectivity index (χ3n) is 2.77. The maximum atomic E-state index is 9.67. The van der Waals surface area contributed by atoms with Crippen molar-refractivity contribution in [3.05, 3.63) is 54.6 Å². The van der Waals surface area contributed by atoms with Crippen LogP contribution in [0.5, 0.6) is 23.1 Å². The minimum atomic E-state index is -0.294. The van der Waals surface area contributed by atoms with E-state index in [0.717, 1.165) is 10.9 Å². The van der Waals surface area contributed by atoms with Gasteiger partial charge in [-0.3, -0.25) is 0 Å². The maximum Gasteiger partial charge on any atom is 0.220 e. The third kappa shape index (κ3) is 2.15. The summed E-state index contributed by atoms with van der Waals surface area (Å²) in [6.45, 7) is 0. The zero-order chi connectivity index (χ0) is 13.2. The van der Waals surface area contributed by atoms with Crippen molar-refractivity contribution in [2.75, 3.05) is 0 Å². The van der Waals surface area contributed by atoms with E-state index in [9.17, 15) is 10.2 Å². The molecule has 0 atom stereocenters. The first-order valence-electron chi connectivity index (χ1n) is 5.78. The van der Waals surface area contributed by atoms with Gasteiger partial charge in [0.05, 0.1) is 5.52 Å². The lowest BCUT2D eigenvalue weighted by molar-refractivity contribution is 0.369. The zero-order valence-electron chi connectivity index (χ0n) is 9.95. The summed E-state index contributed by atoms with van der Waals surface area (Å²) in [5, 5.41) is 20.1. The smallest absolute Gasteiger partial charge is 0.220 e. The number of phenolic OH excluding ortho intramolecular Hbond substituents is 2. The molecule has 0 radical (unpaired) electrons. The quantitative estimate of drug-likeness (QED) is 0.687. The fourth-order valence-electron chi connectivity index (χ4n) is 1.81. The Kier molecular flexibility index (Phi) is 2.68. The van der Waals surface area contributed by atoms with Gasteiger partial charge in [-0.2, -0.15) is 0 Å². The van der Waals surface area contributed by atoms with Crippen molar-refractivity contribution in [2.45, 2.75) is 0 Å². The molecule has 0 amide bonds. The Morgan fingerprint density at radius 2 is 1.68 bits per heavy atom. The van der Waals surface area contributed by atoms with E-state index < -0.39 is 0 Å². The Bertz CT molecular complexity index is 740. The molecule has 94 valence electrons. The molecular weight excluding hydrogens is 242 g/mol. The Labute approximate surface area is 109 Å². The number of hydrogen-bond acceptors (Lipinski definition) is 4. The van der Waals surface area contributed by atoms with E-state index in [-0.39, 0.29) is 17.2 Å². The van der Waals surface area contributed by atoms with Crippen LogP contribution < -0.4 is 4.74 Å². The van der Waals surface area contributed by atoms with Gasteiger partial charge in [0.15, 0.2) is 11.5 Å². The number of pyridine rings is 1. The number of fused-ring (bicyclic) bond motifs is 1. The molecule has 0 saturated heterocycles. The van der Waals surface area contributed by atoms with E-state index in [0.29, 0.717) is 5.88 Å². The Balaban J connectivity index is 1.99. The standard InChI is InChI=1S/C15H11NO3/c17-12-6-3-7-13(15(12)18)19-14-9-8-10-4-1-2-5-11(10)16-14/h1-9,17-18H. The number of ether oxygens (including phenoxy) is 1. The SMILES string of the molecule is Oc1cccc(Oc2ccc3ccccc3n2)c1O. The van der Waals surface area contributed by atoms with Crippen molar-refractivity contribution >= 4 is 10.9 Å². The summed E-state index contributed by atoms with van der Waals surface area (Å²) in [6, 6.07) is 15.8. The molecule has 0 saturated carbocycles. The lowest BCUT2D eigenvalue weighted by Crippen LogP contribution is -1.89. The molecule has 2 N–H and O–H groups in total. The van der Waals surface area contributed by atoms with E-state index >= 15 is 0 Å². The number of aromatic hydroxyl groups is 2. The normalized spacial score (nSPS) is 10.5. The molecule has 0 fully saturated rings. The Morgan fingerprint density at radius 1 is 0.842 bits per heavy atom. The lowest BCUT2D eigenvalue weighted by atomic mass is 10.2. The van der Waals surface area contributed by atoms with Crippen molar-refractivity contribution in [3.63, 3.8) is 0 Å². The minimum Gasteiger partial charge on any atom is -0.504 e. The summed E-state index contributed by atoms with van der Waals surface area (Å²) in [5.41, 5.74) is 0.805. The van der Waals surface area contributed by atoms with E-state index in [1.807, 2.05) is 30.3 Å². The highest BCUT2D eigenvalue weighted by Crippen LogP contribution is 2.37. The highest BCUT2D eigenvalue weighted by molar-refractivity contribution is 5.78. The number of aromatic nitrogens is 1. The summed E-state index contributed by atoms with van der Waals surface area (Å²) < 4.78 is 5.48. The molecule has 1 heterocycles. The lowest BCUT2D eigenvalue weighted by Gasteiger charge is -2.08. The Morgan fingerprint density at radius 3 is 2.58 bits per heavy atom. The Hall–Kier alpha value is -2.75. The molecule has 3 aromatic rings. The van der Waals surface area contributed by atoms with Crippen molar-refractivity contribution in [3.8, 4) is 23.1 Å². The molecule has 0 spiro atoms. The van der Waals surface area contributed by atoms with E-state index in [1.165, 1.54) is 6.07 Å². The first-order chi connectivity index (χ1) is 9.24. The van der Waals surface area contributed by atoms with E-state index in [1.54, 1.807) is 18.2 Å². The van der Waals surface area contributed by atoms with Gasteiger partial charge in [-0.15, -0.1) is 0 Å². The van der Waals surface area contributed by atoms with Gasteiger partial charge >= 0.3 is 0 Å².